The van der Waals surface area contributed by atoms with Crippen LogP contribution >= 0.6 is 11.6 Å². The molecule has 2 aromatic carbocycles. The Morgan fingerprint density at radius 1 is 1.06 bits per heavy atom. The van der Waals surface area contributed by atoms with Gasteiger partial charge in [0, 0.05) is 11.6 Å². The van der Waals surface area contributed by atoms with Crippen molar-refractivity contribution in [2.45, 2.75) is 63.3 Å². The van der Waals surface area contributed by atoms with Crippen LogP contribution in [-0.4, -0.2) is 22.6 Å². The average Bonchev–Trinajstić information content (AvgIpc) is 3.51. The van der Waals surface area contributed by atoms with Gasteiger partial charge in [0.2, 0.25) is 5.91 Å². The molecule has 0 aliphatic heterocycles. The molecule has 0 spiro atoms. The number of nitrogens with zero attached hydrogens (tertiary/aromatic N) is 2. The fourth-order valence-corrected chi connectivity index (χ4v) is 6.62. The van der Waals surface area contributed by atoms with Crippen LogP contribution in [0.3, 0.4) is 0 Å². The van der Waals surface area contributed by atoms with Crippen molar-refractivity contribution in [3.63, 3.8) is 0 Å². The maximum Gasteiger partial charge on any atom is 0.244 e. The van der Waals surface area contributed by atoms with Gasteiger partial charge in [-0.05, 0) is 67.9 Å². The van der Waals surface area contributed by atoms with Gasteiger partial charge in [0.1, 0.15) is 22.9 Å². The van der Waals surface area contributed by atoms with Crippen molar-refractivity contribution in [3.05, 3.63) is 47.2 Å². The number of rotatable bonds is 6. The predicted octanol–water partition coefficient (Wildman–Crippen LogP) is 6.46. The molecule has 3 aromatic rings. The van der Waals surface area contributed by atoms with Crippen molar-refractivity contribution < 1.29 is 13.9 Å². The molecule has 2 aliphatic carbocycles. The van der Waals surface area contributed by atoms with Crippen LogP contribution in [0.1, 0.15) is 57.8 Å². The van der Waals surface area contributed by atoms with Crippen LogP contribution in [0.15, 0.2) is 36.4 Å². The molecule has 0 saturated heterocycles. The first-order chi connectivity index (χ1) is 16.5. The van der Waals surface area contributed by atoms with Gasteiger partial charge in [-0.25, -0.2) is 9.37 Å². The molecule has 7 heteroatoms. The number of halogens is 2. The maximum atomic E-state index is 14.6. The average molecular weight is 484 g/mol. The number of primary amides is 1. The van der Waals surface area contributed by atoms with E-state index in [-0.39, 0.29) is 22.8 Å². The molecule has 0 radical (unpaired) electrons. The summed E-state index contributed by atoms with van der Waals surface area (Å²) in [5, 5.41) is 0.0531. The highest BCUT2D eigenvalue weighted by molar-refractivity contribution is 6.30. The Morgan fingerprint density at radius 2 is 1.71 bits per heavy atom. The molecule has 180 valence electrons. The number of nitrogens with two attached hydrogens (primary N) is 1. The minimum absolute atomic E-state index is 0.0531. The zero-order valence-electron chi connectivity index (χ0n) is 19.5. The first-order valence-electron chi connectivity index (χ1n) is 12.3. The van der Waals surface area contributed by atoms with Gasteiger partial charge in [-0.15, -0.1) is 0 Å². The second kappa shape index (κ2) is 9.21. The minimum Gasteiger partial charge on any atom is -0.497 e. The summed E-state index contributed by atoms with van der Waals surface area (Å²) in [6, 6.07) is 10.4. The lowest BCUT2D eigenvalue weighted by Gasteiger charge is -2.46. The van der Waals surface area contributed by atoms with Crippen LogP contribution in [0.25, 0.3) is 22.4 Å². The van der Waals surface area contributed by atoms with Gasteiger partial charge >= 0.3 is 0 Å². The van der Waals surface area contributed by atoms with Crippen molar-refractivity contribution >= 4 is 28.5 Å². The number of carbonyl (C=O) groups excluding carboxylic acids is 1. The van der Waals surface area contributed by atoms with E-state index in [0.29, 0.717) is 17.1 Å². The molecule has 0 bridgehead atoms. The third kappa shape index (κ3) is 3.67. The van der Waals surface area contributed by atoms with Crippen molar-refractivity contribution in [1.29, 1.82) is 0 Å². The van der Waals surface area contributed by atoms with Gasteiger partial charge < -0.3 is 15.0 Å². The van der Waals surface area contributed by atoms with Crippen LogP contribution in [0.4, 0.5) is 4.39 Å². The number of hydrogen-bond acceptors (Lipinski definition) is 3. The molecule has 2 aliphatic rings. The number of benzene rings is 2. The summed E-state index contributed by atoms with van der Waals surface area (Å²) in [5.74, 6) is 0.600. The topological polar surface area (TPSA) is 70.1 Å². The number of carbonyl (C=O) groups is 1. The van der Waals surface area contributed by atoms with Crippen LogP contribution in [0.2, 0.25) is 5.02 Å². The molecule has 5 nitrogen and oxygen atoms in total. The van der Waals surface area contributed by atoms with E-state index in [1.807, 2.05) is 18.2 Å². The summed E-state index contributed by atoms with van der Waals surface area (Å²) < 4.78 is 22.2. The predicted molar refractivity (Wildman–Crippen MR) is 132 cm³/mol. The van der Waals surface area contributed by atoms with Crippen molar-refractivity contribution in [3.8, 4) is 17.1 Å². The molecule has 2 fully saturated rings. The van der Waals surface area contributed by atoms with Gasteiger partial charge in [-0.2, -0.15) is 0 Å². The Labute approximate surface area is 204 Å². The fraction of sp³-hybridized carbons (Fsp3) is 0.481. The summed E-state index contributed by atoms with van der Waals surface area (Å²) in [6.45, 7) is 0. The van der Waals surface area contributed by atoms with Crippen molar-refractivity contribution in [2.24, 2.45) is 17.6 Å². The zero-order chi connectivity index (χ0) is 23.9. The molecular formula is C27H31ClFN3O2. The summed E-state index contributed by atoms with van der Waals surface area (Å²) in [7, 11) is 1.62. The fourth-order valence-electron chi connectivity index (χ4n) is 6.51. The third-order valence-electron chi connectivity index (χ3n) is 8.01. The van der Waals surface area contributed by atoms with E-state index >= 15 is 0 Å². The highest BCUT2D eigenvalue weighted by Crippen LogP contribution is 2.51. The molecule has 2 saturated carbocycles. The Bertz CT molecular complexity index is 1210. The van der Waals surface area contributed by atoms with E-state index in [2.05, 4.69) is 4.57 Å². The van der Waals surface area contributed by atoms with Gasteiger partial charge in [0.15, 0.2) is 0 Å². The molecule has 1 amide bonds. The first kappa shape index (κ1) is 23.2. The quantitative estimate of drug-likeness (QED) is 0.437. The van der Waals surface area contributed by atoms with E-state index < -0.39 is 11.4 Å². The normalized spacial score (nSPS) is 19.4. The van der Waals surface area contributed by atoms with Crippen molar-refractivity contribution in [2.75, 3.05) is 7.11 Å². The summed E-state index contributed by atoms with van der Waals surface area (Å²) >= 11 is 6.00. The molecule has 2 N–H and O–H groups in total. The SMILES string of the molecule is COc1ccc2nc(-c3ccc(Cl)c(F)c3)n(C(C(N)=O)(C3CCCCC3)C3CCCC3)c2c1. The van der Waals surface area contributed by atoms with E-state index in [1.54, 1.807) is 19.2 Å². The molecule has 1 unspecified atom stereocenters. The number of ether oxygens (including phenoxy) is 1. The van der Waals surface area contributed by atoms with E-state index in [4.69, 9.17) is 27.1 Å². The van der Waals surface area contributed by atoms with Crippen molar-refractivity contribution in [1.82, 2.24) is 9.55 Å². The number of methoxy groups -OCH3 is 1. The van der Waals surface area contributed by atoms with Crippen LogP contribution in [0, 0.1) is 17.7 Å². The number of imidazole rings is 1. The number of fused-ring (bicyclic) bond motifs is 1. The third-order valence-corrected chi connectivity index (χ3v) is 8.32. The summed E-state index contributed by atoms with van der Waals surface area (Å²) in [6.07, 6.45) is 9.24. The lowest BCUT2D eigenvalue weighted by Crippen LogP contribution is -2.57. The van der Waals surface area contributed by atoms with Crippen LogP contribution in [-0.2, 0) is 10.3 Å². The Hall–Kier alpha value is -2.60. The highest BCUT2D eigenvalue weighted by atomic mass is 35.5. The van der Waals surface area contributed by atoms with Gasteiger partial charge in [-0.3, -0.25) is 4.79 Å². The van der Waals surface area contributed by atoms with Gasteiger partial charge in [0.05, 0.1) is 23.2 Å². The second-order valence-corrected chi connectivity index (χ2v) is 10.2. The smallest absolute Gasteiger partial charge is 0.244 e. The summed E-state index contributed by atoms with van der Waals surface area (Å²) in [4.78, 5) is 18.7. The Kier molecular flexibility index (Phi) is 6.28. The van der Waals surface area contributed by atoms with Gasteiger partial charge in [0.25, 0.3) is 0 Å². The summed E-state index contributed by atoms with van der Waals surface area (Å²) in [5.41, 5.74) is 7.58. The Balaban J connectivity index is 1.86. The molecule has 5 rings (SSSR count). The molecular weight excluding hydrogens is 453 g/mol. The van der Waals surface area contributed by atoms with E-state index in [9.17, 15) is 9.18 Å². The van der Waals surface area contributed by atoms with E-state index in [0.717, 1.165) is 62.4 Å². The minimum atomic E-state index is -0.941. The number of amides is 1. The monoisotopic (exact) mass is 483 g/mol. The lowest BCUT2D eigenvalue weighted by atomic mass is 9.66. The highest BCUT2D eigenvalue weighted by Gasteiger charge is 2.54. The lowest BCUT2D eigenvalue weighted by molar-refractivity contribution is -0.134. The second-order valence-electron chi connectivity index (χ2n) is 9.76. The number of aromatic nitrogens is 2. The Morgan fingerprint density at radius 3 is 2.29 bits per heavy atom. The largest absolute Gasteiger partial charge is 0.497 e. The molecule has 1 atom stereocenters. The number of hydrogen-bond donors (Lipinski definition) is 1. The van der Waals surface area contributed by atoms with E-state index in [1.165, 1.54) is 12.5 Å². The molecule has 1 heterocycles. The maximum absolute atomic E-state index is 14.6. The van der Waals surface area contributed by atoms with Crippen LogP contribution in [0.5, 0.6) is 5.75 Å². The first-order valence-corrected chi connectivity index (χ1v) is 12.7. The van der Waals surface area contributed by atoms with Crippen LogP contribution < -0.4 is 10.5 Å². The van der Waals surface area contributed by atoms with Gasteiger partial charge in [-0.1, -0.05) is 43.7 Å². The zero-order valence-corrected chi connectivity index (χ0v) is 20.3. The standard InChI is InChI=1S/C27H31ClFN3O2/c1-34-20-12-14-23-24(16-20)32(25(31-23)17-11-13-21(28)22(29)15-17)27(26(30)33,19-9-5-6-10-19)18-7-3-2-4-8-18/h11-16,18-19H,2-10H2,1H3,(H2,30,33). The molecule has 1 aromatic heterocycles. The molecule has 34 heavy (non-hydrogen) atoms.